The van der Waals surface area contributed by atoms with E-state index >= 15 is 0 Å². The summed E-state index contributed by atoms with van der Waals surface area (Å²) in [6, 6.07) is 13.3. The predicted molar refractivity (Wildman–Crippen MR) is 126 cm³/mol. The van der Waals surface area contributed by atoms with Crippen LogP contribution in [0.4, 0.5) is 26.2 Å². The van der Waals surface area contributed by atoms with Crippen LogP contribution in [0.3, 0.4) is 0 Å². The van der Waals surface area contributed by atoms with E-state index in [9.17, 15) is 8.78 Å². The molecule has 5 rings (SSSR count). The molecule has 33 heavy (non-hydrogen) atoms. The van der Waals surface area contributed by atoms with E-state index in [0.29, 0.717) is 0 Å². The molecule has 6 nitrogen and oxygen atoms in total. The van der Waals surface area contributed by atoms with Gasteiger partial charge in [-0.05, 0) is 44.0 Å². The SMILES string of the molecule is CCN(c1ccc(-c2cccc3cnc(Nc4ccc(F)cc4F)nc23)cn1)N1CCCC1. The lowest BCUT2D eigenvalue weighted by Gasteiger charge is -2.31. The zero-order valence-electron chi connectivity index (χ0n) is 18.3. The van der Waals surface area contributed by atoms with E-state index in [1.165, 1.54) is 25.0 Å². The molecule has 0 atom stereocenters. The maximum absolute atomic E-state index is 14.1. The standard InChI is InChI=1S/C25H24F2N6/c1-2-33(32-12-3-4-13-32)23-11-8-17(15-28-23)20-7-5-6-18-16-29-25(31-24(18)20)30-22-10-9-19(26)14-21(22)27/h5-11,14-16H,2-4,12-13H2,1H3,(H,29,30,31). The van der Waals surface area contributed by atoms with E-state index in [4.69, 9.17) is 4.98 Å². The number of nitrogens with one attached hydrogen (secondary N) is 1. The smallest absolute Gasteiger partial charge is 0.227 e. The maximum Gasteiger partial charge on any atom is 0.227 e. The molecule has 0 amide bonds. The number of hydrogen-bond acceptors (Lipinski definition) is 6. The summed E-state index contributed by atoms with van der Waals surface area (Å²) in [5.74, 6) is -0.185. The van der Waals surface area contributed by atoms with Gasteiger partial charge in [0.05, 0.1) is 11.2 Å². The molecular formula is C25H24F2N6. The fourth-order valence-corrected chi connectivity index (χ4v) is 4.21. The van der Waals surface area contributed by atoms with Crippen LogP contribution in [-0.4, -0.2) is 39.6 Å². The molecule has 0 bridgehead atoms. The normalized spacial score (nSPS) is 14.0. The largest absolute Gasteiger partial charge is 0.322 e. The highest BCUT2D eigenvalue weighted by molar-refractivity contribution is 5.93. The molecule has 2 aromatic carbocycles. The van der Waals surface area contributed by atoms with Crippen molar-refractivity contribution in [3.05, 3.63) is 72.6 Å². The van der Waals surface area contributed by atoms with Crippen molar-refractivity contribution >= 4 is 28.4 Å². The van der Waals surface area contributed by atoms with Gasteiger partial charge in [-0.1, -0.05) is 18.2 Å². The van der Waals surface area contributed by atoms with Crippen molar-refractivity contribution < 1.29 is 8.78 Å². The summed E-state index contributed by atoms with van der Waals surface area (Å²) in [5.41, 5.74) is 2.67. The van der Waals surface area contributed by atoms with Crippen molar-refractivity contribution in [2.75, 3.05) is 30.0 Å². The number of aromatic nitrogens is 3. The van der Waals surface area contributed by atoms with Crippen LogP contribution in [0.2, 0.25) is 0 Å². The number of fused-ring (bicyclic) bond motifs is 1. The van der Waals surface area contributed by atoms with Gasteiger partial charge >= 0.3 is 0 Å². The van der Waals surface area contributed by atoms with Crippen LogP contribution in [0, 0.1) is 11.6 Å². The van der Waals surface area contributed by atoms with Gasteiger partial charge in [-0.25, -0.2) is 28.7 Å². The molecule has 0 spiro atoms. The first-order valence-corrected chi connectivity index (χ1v) is 11.1. The molecule has 0 aliphatic carbocycles. The first-order chi connectivity index (χ1) is 16.1. The van der Waals surface area contributed by atoms with Gasteiger partial charge in [-0.3, -0.25) is 5.01 Å². The molecule has 1 fully saturated rings. The van der Waals surface area contributed by atoms with Gasteiger partial charge in [0, 0.05) is 54.6 Å². The van der Waals surface area contributed by atoms with E-state index in [1.54, 1.807) is 6.20 Å². The van der Waals surface area contributed by atoms with Gasteiger partial charge in [0.15, 0.2) is 0 Å². The Morgan fingerprint density at radius 3 is 2.58 bits per heavy atom. The number of para-hydroxylation sites is 1. The molecular weight excluding hydrogens is 422 g/mol. The first kappa shape index (κ1) is 21.2. The van der Waals surface area contributed by atoms with E-state index in [2.05, 4.69) is 32.2 Å². The van der Waals surface area contributed by atoms with Crippen LogP contribution in [0.25, 0.3) is 22.0 Å². The van der Waals surface area contributed by atoms with E-state index in [1.807, 2.05) is 36.5 Å². The van der Waals surface area contributed by atoms with Crippen LogP contribution in [-0.2, 0) is 0 Å². The first-order valence-electron chi connectivity index (χ1n) is 11.1. The van der Waals surface area contributed by atoms with Gasteiger partial charge in [0.2, 0.25) is 5.95 Å². The van der Waals surface area contributed by atoms with Gasteiger partial charge in [0.25, 0.3) is 0 Å². The number of hydrogen-bond donors (Lipinski definition) is 1. The second-order valence-electron chi connectivity index (χ2n) is 7.97. The summed E-state index contributed by atoms with van der Waals surface area (Å²) in [6.45, 7) is 5.11. The molecule has 8 heteroatoms. The number of hydrazine groups is 1. The molecule has 0 saturated carbocycles. The van der Waals surface area contributed by atoms with Crippen LogP contribution in [0.5, 0.6) is 0 Å². The number of halogens is 2. The summed E-state index contributed by atoms with van der Waals surface area (Å²) in [6.07, 6.45) is 5.96. The third-order valence-corrected chi connectivity index (χ3v) is 5.84. The van der Waals surface area contributed by atoms with Crippen molar-refractivity contribution in [2.24, 2.45) is 0 Å². The molecule has 1 N–H and O–H groups in total. The number of anilines is 3. The van der Waals surface area contributed by atoms with Crippen molar-refractivity contribution in [1.82, 2.24) is 20.0 Å². The third-order valence-electron chi connectivity index (χ3n) is 5.84. The predicted octanol–water partition coefficient (Wildman–Crippen LogP) is 5.55. The summed E-state index contributed by atoms with van der Waals surface area (Å²) in [4.78, 5) is 13.6. The van der Waals surface area contributed by atoms with Crippen LogP contribution in [0.1, 0.15) is 19.8 Å². The lowest BCUT2D eigenvalue weighted by atomic mass is 10.0. The molecule has 0 unspecified atom stereocenters. The molecule has 0 radical (unpaired) electrons. The molecule has 3 heterocycles. The Morgan fingerprint density at radius 1 is 1.00 bits per heavy atom. The number of pyridine rings is 1. The molecule has 1 aliphatic heterocycles. The van der Waals surface area contributed by atoms with Crippen molar-refractivity contribution in [2.45, 2.75) is 19.8 Å². The summed E-state index contributed by atoms with van der Waals surface area (Å²) >= 11 is 0. The number of rotatable bonds is 6. The maximum atomic E-state index is 14.1. The quantitative estimate of drug-likeness (QED) is 0.419. The lowest BCUT2D eigenvalue weighted by molar-refractivity contribution is 0.309. The third kappa shape index (κ3) is 4.34. The topological polar surface area (TPSA) is 57.2 Å². The highest BCUT2D eigenvalue weighted by Crippen LogP contribution is 2.29. The molecule has 2 aromatic heterocycles. The lowest BCUT2D eigenvalue weighted by Crippen LogP contribution is -2.41. The molecule has 1 aliphatic rings. The average Bonchev–Trinajstić information content (AvgIpc) is 3.36. The number of benzene rings is 2. The minimum Gasteiger partial charge on any atom is -0.322 e. The highest BCUT2D eigenvalue weighted by atomic mass is 19.1. The average molecular weight is 447 g/mol. The van der Waals surface area contributed by atoms with Crippen molar-refractivity contribution in [1.29, 1.82) is 0 Å². The van der Waals surface area contributed by atoms with Crippen molar-refractivity contribution in [3.8, 4) is 11.1 Å². The number of nitrogens with zero attached hydrogens (tertiary/aromatic N) is 5. The Balaban J connectivity index is 1.47. The Morgan fingerprint density at radius 2 is 1.85 bits per heavy atom. The van der Waals surface area contributed by atoms with Gasteiger partial charge < -0.3 is 5.32 Å². The van der Waals surface area contributed by atoms with Crippen LogP contribution < -0.4 is 10.3 Å². The fourth-order valence-electron chi connectivity index (χ4n) is 4.21. The van der Waals surface area contributed by atoms with E-state index in [-0.39, 0.29) is 11.6 Å². The minimum atomic E-state index is -0.703. The van der Waals surface area contributed by atoms with Gasteiger partial charge in [-0.15, -0.1) is 0 Å². The minimum absolute atomic E-state index is 0.112. The fraction of sp³-hybridized carbons (Fsp3) is 0.240. The Kier molecular flexibility index (Phi) is 5.83. The van der Waals surface area contributed by atoms with Crippen molar-refractivity contribution in [3.63, 3.8) is 0 Å². The Hall–Kier alpha value is -3.65. The second kappa shape index (κ2) is 9.07. The Bertz CT molecular complexity index is 1270. The molecule has 4 aromatic rings. The highest BCUT2D eigenvalue weighted by Gasteiger charge is 2.19. The van der Waals surface area contributed by atoms with E-state index < -0.39 is 11.6 Å². The summed E-state index contributed by atoms with van der Waals surface area (Å²) in [7, 11) is 0. The summed E-state index contributed by atoms with van der Waals surface area (Å²) in [5, 5.41) is 8.27. The molecule has 1 saturated heterocycles. The summed E-state index contributed by atoms with van der Waals surface area (Å²) < 4.78 is 27.3. The van der Waals surface area contributed by atoms with Gasteiger partial charge in [0.1, 0.15) is 17.5 Å². The monoisotopic (exact) mass is 446 g/mol. The van der Waals surface area contributed by atoms with Crippen LogP contribution >= 0.6 is 0 Å². The Labute approximate surface area is 190 Å². The second-order valence-corrected chi connectivity index (χ2v) is 7.97. The molecule has 168 valence electrons. The van der Waals surface area contributed by atoms with Gasteiger partial charge in [-0.2, -0.15) is 0 Å². The zero-order chi connectivity index (χ0) is 22.8. The van der Waals surface area contributed by atoms with E-state index in [0.717, 1.165) is 53.5 Å². The zero-order valence-corrected chi connectivity index (χ0v) is 18.3. The van der Waals surface area contributed by atoms with Crippen LogP contribution in [0.15, 0.2) is 60.9 Å².